The Labute approximate surface area is 74.7 Å². The summed E-state index contributed by atoms with van der Waals surface area (Å²) in [6, 6.07) is 0.485. The predicted molar refractivity (Wildman–Crippen MR) is 50.1 cm³/mol. The quantitative estimate of drug-likeness (QED) is 0.593. The van der Waals surface area contributed by atoms with E-state index in [4.69, 9.17) is 10.5 Å². The molecule has 12 heavy (non-hydrogen) atoms. The van der Waals surface area contributed by atoms with Gasteiger partial charge in [-0.2, -0.15) is 0 Å². The second-order valence-electron chi connectivity index (χ2n) is 3.44. The molecule has 0 radical (unpaired) electrons. The standard InChI is InChI=1S/C9H20N2O/c1-8(11-6-3-5-10)9-4-2-7-12-9/h8-9,11H,2-7,10H2,1H3. The zero-order valence-corrected chi connectivity index (χ0v) is 7.88. The Morgan fingerprint density at radius 1 is 1.67 bits per heavy atom. The molecule has 3 nitrogen and oxygen atoms in total. The highest BCUT2D eigenvalue weighted by Gasteiger charge is 2.21. The van der Waals surface area contributed by atoms with Gasteiger partial charge in [0, 0.05) is 12.6 Å². The van der Waals surface area contributed by atoms with E-state index in [0.29, 0.717) is 12.1 Å². The lowest BCUT2D eigenvalue weighted by atomic mass is 10.1. The number of rotatable bonds is 5. The van der Waals surface area contributed by atoms with Gasteiger partial charge in [0.2, 0.25) is 0 Å². The molecule has 72 valence electrons. The minimum absolute atomic E-state index is 0.433. The molecule has 0 saturated carbocycles. The minimum atomic E-state index is 0.433. The summed E-state index contributed by atoms with van der Waals surface area (Å²) in [6.07, 6.45) is 3.91. The zero-order chi connectivity index (χ0) is 8.81. The average molecular weight is 172 g/mol. The molecule has 0 bridgehead atoms. The number of hydrogen-bond acceptors (Lipinski definition) is 3. The summed E-state index contributed by atoms with van der Waals surface area (Å²) in [5, 5.41) is 3.42. The molecular weight excluding hydrogens is 152 g/mol. The fourth-order valence-corrected chi connectivity index (χ4v) is 1.56. The van der Waals surface area contributed by atoms with E-state index in [9.17, 15) is 0 Å². The molecule has 1 fully saturated rings. The van der Waals surface area contributed by atoms with Crippen molar-refractivity contribution >= 4 is 0 Å². The number of nitrogens with one attached hydrogen (secondary N) is 1. The van der Waals surface area contributed by atoms with Gasteiger partial charge in [-0.1, -0.05) is 0 Å². The van der Waals surface area contributed by atoms with Gasteiger partial charge in [0.1, 0.15) is 0 Å². The van der Waals surface area contributed by atoms with E-state index >= 15 is 0 Å². The largest absolute Gasteiger partial charge is 0.377 e. The number of hydrogen-bond donors (Lipinski definition) is 2. The maximum atomic E-state index is 5.55. The molecule has 2 unspecified atom stereocenters. The maximum Gasteiger partial charge on any atom is 0.0726 e. The first-order valence-corrected chi connectivity index (χ1v) is 4.89. The van der Waals surface area contributed by atoms with Gasteiger partial charge in [0.15, 0.2) is 0 Å². The highest BCUT2D eigenvalue weighted by molar-refractivity contribution is 4.76. The molecule has 1 saturated heterocycles. The van der Waals surface area contributed by atoms with Crippen LogP contribution in [0.1, 0.15) is 26.2 Å². The van der Waals surface area contributed by atoms with Crippen molar-refractivity contribution in [3.05, 3.63) is 0 Å². The van der Waals surface area contributed by atoms with Crippen LogP contribution in [0.3, 0.4) is 0 Å². The van der Waals surface area contributed by atoms with Crippen LogP contribution >= 0.6 is 0 Å². The summed E-state index contributed by atoms with van der Waals surface area (Å²) in [7, 11) is 0. The first kappa shape index (κ1) is 9.96. The van der Waals surface area contributed by atoms with Gasteiger partial charge in [-0.3, -0.25) is 0 Å². The first-order chi connectivity index (χ1) is 5.84. The summed E-state index contributed by atoms with van der Waals surface area (Å²) < 4.78 is 5.55. The average Bonchev–Trinajstić information content (AvgIpc) is 2.56. The van der Waals surface area contributed by atoms with Gasteiger partial charge in [0.05, 0.1) is 6.10 Å². The molecule has 0 aromatic carbocycles. The number of ether oxygens (including phenoxy) is 1. The van der Waals surface area contributed by atoms with Gasteiger partial charge in [-0.05, 0) is 39.3 Å². The Morgan fingerprint density at radius 2 is 2.50 bits per heavy atom. The van der Waals surface area contributed by atoms with Gasteiger partial charge in [0.25, 0.3) is 0 Å². The highest BCUT2D eigenvalue weighted by atomic mass is 16.5. The van der Waals surface area contributed by atoms with Crippen LogP contribution in [0, 0.1) is 0 Å². The van der Waals surface area contributed by atoms with Crippen molar-refractivity contribution in [1.82, 2.24) is 5.32 Å². The second kappa shape index (κ2) is 5.51. The van der Waals surface area contributed by atoms with Crippen molar-refractivity contribution in [3.63, 3.8) is 0 Å². The van der Waals surface area contributed by atoms with Crippen molar-refractivity contribution in [2.24, 2.45) is 5.73 Å². The Hall–Kier alpha value is -0.120. The molecule has 1 heterocycles. The smallest absolute Gasteiger partial charge is 0.0726 e. The van der Waals surface area contributed by atoms with Gasteiger partial charge in [-0.15, -0.1) is 0 Å². The minimum Gasteiger partial charge on any atom is -0.377 e. The van der Waals surface area contributed by atoms with Crippen LogP contribution in [-0.2, 0) is 4.74 Å². The second-order valence-corrected chi connectivity index (χ2v) is 3.44. The lowest BCUT2D eigenvalue weighted by molar-refractivity contribution is 0.0838. The Kier molecular flexibility index (Phi) is 4.58. The summed E-state index contributed by atoms with van der Waals surface area (Å²) in [5.74, 6) is 0. The summed E-state index contributed by atoms with van der Waals surface area (Å²) in [6.45, 7) is 4.91. The molecule has 3 N–H and O–H groups in total. The van der Waals surface area contributed by atoms with Crippen LogP contribution in [-0.4, -0.2) is 31.8 Å². The van der Waals surface area contributed by atoms with Crippen LogP contribution in [0.15, 0.2) is 0 Å². The molecule has 3 heteroatoms. The molecule has 1 rings (SSSR count). The van der Waals surface area contributed by atoms with Crippen molar-refractivity contribution in [3.8, 4) is 0 Å². The maximum absolute atomic E-state index is 5.55. The summed E-state index contributed by atoms with van der Waals surface area (Å²) in [5.41, 5.74) is 5.40. The van der Waals surface area contributed by atoms with Crippen LogP contribution < -0.4 is 11.1 Å². The highest BCUT2D eigenvalue weighted by Crippen LogP contribution is 2.14. The van der Waals surface area contributed by atoms with Crippen LogP contribution in [0.2, 0.25) is 0 Å². The Morgan fingerprint density at radius 3 is 3.08 bits per heavy atom. The van der Waals surface area contributed by atoms with Crippen LogP contribution in [0.5, 0.6) is 0 Å². The summed E-state index contributed by atoms with van der Waals surface area (Å²) >= 11 is 0. The predicted octanol–water partition coefficient (Wildman–Crippen LogP) is 0.492. The third-order valence-electron chi connectivity index (χ3n) is 2.37. The zero-order valence-electron chi connectivity index (χ0n) is 7.88. The van der Waals surface area contributed by atoms with Crippen molar-refractivity contribution in [2.75, 3.05) is 19.7 Å². The van der Waals surface area contributed by atoms with Gasteiger partial charge >= 0.3 is 0 Å². The van der Waals surface area contributed by atoms with E-state index in [1.807, 2.05) is 0 Å². The van der Waals surface area contributed by atoms with Gasteiger partial charge in [-0.25, -0.2) is 0 Å². The van der Waals surface area contributed by atoms with E-state index in [0.717, 1.165) is 26.1 Å². The first-order valence-electron chi connectivity index (χ1n) is 4.89. The molecule has 0 aliphatic carbocycles. The Bertz CT molecular complexity index is 113. The fourth-order valence-electron chi connectivity index (χ4n) is 1.56. The lowest BCUT2D eigenvalue weighted by Gasteiger charge is -2.19. The van der Waals surface area contributed by atoms with Crippen molar-refractivity contribution in [2.45, 2.75) is 38.3 Å². The van der Waals surface area contributed by atoms with Crippen molar-refractivity contribution < 1.29 is 4.74 Å². The van der Waals surface area contributed by atoms with E-state index in [1.165, 1.54) is 12.8 Å². The summed E-state index contributed by atoms with van der Waals surface area (Å²) in [4.78, 5) is 0. The molecule has 0 spiro atoms. The van der Waals surface area contributed by atoms with E-state index < -0.39 is 0 Å². The van der Waals surface area contributed by atoms with Crippen LogP contribution in [0.4, 0.5) is 0 Å². The van der Waals surface area contributed by atoms with E-state index in [1.54, 1.807) is 0 Å². The normalized spacial score (nSPS) is 26.0. The molecule has 1 aliphatic rings. The molecule has 1 aliphatic heterocycles. The third kappa shape index (κ3) is 3.09. The topological polar surface area (TPSA) is 47.3 Å². The Balaban J connectivity index is 2.05. The van der Waals surface area contributed by atoms with Gasteiger partial charge < -0.3 is 15.8 Å². The third-order valence-corrected chi connectivity index (χ3v) is 2.37. The molecule has 0 aromatic heterocycles. The van der Waals surface area contributed by atoms with Crippen molar-refractivity contribution in [1.29, 1.82) is 0 Å². The van der Waals surface area contributed by atoms with E-state index in [2.05, 4.69) is 12.2 Å². The monoisotopic (exact) mass is 172 g/mol. The number of nitrogens with two attached hydrogens (primary N) is 1. The van der Waals surface area contributed by atoms with Crippen LogP contribution in [0.25, 0.3) is 0 Å². The molecule has 2 atom stereocenters. The molecular formula is C9H20N2O. The fraction of sp³-hybridized carbons (Fsp3) is 1.00. The molecule has 0 amide bonds. The SMILES string of the molecule is CC(NCCCN)C1CCCO1. The lowest BCUT2D eigenvalue weighted by Crippen LogP contribution is -2.37. The van der Waals surface area contributed by atoms with E-state index in [-0.39, 0.29) is 0 Å². The molecule has 0 aromatic rings.